The monoisotopic (exact) mass is 539 g/mol. The lowest BCUT2D eigenvalue weighted by molar-refractivity contribution is -0.118. The van der Waals surface area contributed by atoms with Crippen LogP contribution in [0.4, 0.5) is 5.13 Å². The van der Waals surface area contributed by atoms with Gasteiger partial charge in [0.25, 0.3) is 0 Å². The molecule has 0 aliphatic carbocycles. The molecule has 2 aromatic carbocycles. The number of carbonyl (C=O) groups is 1. The largest absolute Gasteiger partial charge is 0.302 e. The third-order valence-electron chi connectivity index (χ3n) is 5.63. The lowest BCUT2D eigenvalue weighted by Gasteiger charge is -2.24. The van der Waals surface area contributed by atoms with Gasteiger partial charge in [0.05, 0.1) is 20.9 Å². The van der Waals surface area contributed by atoms with E-state index in [-0.39, 0.29) is 29.4 Å². The number of likely N-dealkylation sites (N-methyl/N-ethyl adjacent to an activating group) is 1. The summed E-state index contributed by atoms with van der Waals surface area (Å²) in [5, 5.41) is 1.15. The SMILES string of the molecule is CCN(CC)CCN(C(=O)CCCS(=O)(=O)c1ccc(Cl)cc1)c1nc2c(SC)cccc2s1. The van der Waals surface area contributed by atoms with Crippen LogP contribution >= 0.6 is 34.7 Å². The fraction of sp³-hybridized carbons (Fsp3) is 0.417. The predicted octanol–water partition coefficient (Wildman–Crippen LogP) is 5.60. The van der Waals surface area contributed by atoms with Crippen molar-refractivity contribution >= 4 is 65.8 Å². The smallest absolute Gasteiger partial charge is 0.228 e. The second-order valence-corrected chi connectivity index (χ2v) is 12.2. The Morgan fingerprint density at radius 3 is 2.44 bits per heavy atom. The molecule has 0 saturated heterocycles. The van der Waals surface area contributed by atoms with Gasteiger partial charge in [0.15, 0.2) is 15.0 Å². The Bertz CT molecular complexity index is 1210. The fourth-order valence-corrected chi connectivity index (χ4v) is 6.71. The Morgan fingerprint density at radius 2 is 1.79 bits per heavy atom. The van der Waals surface area contributed by atoms with Crippen LogP contribution in [0.25, 0.3) is 10.2 Å². The molecule has 0 atom stereocenters. The quantitative estimate of drug-likeness (QED) is 0.279. The zero-order valence-corrected chi connectivity index (χ0v) is 22.9. The van der Waals surface area contributed by atoms with E-state index >= 15 is 0 Å². The Hall–Kier alpha value is -1.65. The number of hydrogen-bond donors (Lipinski definition) is 0. The lowest BCUT2D eigenvalue weighted by Crippen LogP contribution is -2.38. The Kier molecular flexibility index (Phi) is 9.79. The summed E-state index contributed by atoms with van der Waals surface area (Å²) in [7, 11) is -3.48. The summed E-state index contributed by atoms with van der Waals surface area (Å²) in [6.07, 6.45) is 2.39. The average Bonchev–Trinajstić information content (AvgIpc) is 3.26. The molecule has 0 aliphatic rings. The molecule has 3 aromatic rings. The molecule has 0 N–H and O–H groups in total. The molecule has 0 spiro atoms. The number of thiazole rings is 1. The molecule has 3 rings (SSSR count). The zero-order chi connectivity index (χ0) is 24.7. The van der Waals surface area contributed by atoms with Crippen molar-refractivity contribution in [2.45, 2.75) is 36.5 Å². The van der Waals surface area contributed by atoms with Crippen LogP contribution in [0.2, 0.25) is 5.02 Å². The van der Waals surface area contributed by atoms with E-state index in [0.717, 1.165) is 34.7 Å². The van der Waals surface area contributed by atoms with E-state index in [1.165, 1.54) is 23.5 Å². The van der Waals surface area contributed by atoms with Crippen LogP contribution in [0.5, 0.6) is 0 Å². The molecule has 1 heterocycles. The number of carbonyl (C=O) groups excluding carboxylic acids is 1. The van der Waals surface area contributed by atoms with Gasteiger partial charge in [-0.05, 0) is 62.2 Å². The van der Waals surface area contributed by atoms with Crippen molar-refractivity contribution in [1.82, 2.24) is 9.88 Å². The van der Waals surface area contributed by atoms with E-state index in [0.29, 0.717) is 16.7 Å². The van der Waals surface area contributed by atoms with E-state index in [4.69, 9.17) is 16.6 Å². The summed E-state index contributed by atoms with van der Waals surface area (Å²) in [4.78, 5) is 23.4. The molecule has 0 aliphatic heterocycles. The standard InChI is InChI=1S/C24H30ClN3O3S3/c1-4-27(5-2)15-16-28(24-26-23-20(32-3)8-6-9-21(23)33-24)22(29)10-7-17-34(30,31)19-13-11-18(25)12-14-19/h6,8-9,11-14H,4-5,7,10,15-17H2,1-3H3. The van der Waals surface area contributed by atoms with Gasteiger partial charge in [-0.1, -0.05) is 42.9 Å². The number of nitrogens with zero attached hydrogens (tertiary/aromatic N) is 3. The molecule has 6 nitrogen and oxygen atoms in total. The number of sulfone groups is 1. The number of benzene rings is 2. The van der Waals surface area contributed by atoms with Crippen molar-refractivity contribution < 1.29 is 13.2 Å². The molecule has 34 heavy (non-hydrogen) atoms. The van der Waals surface area contributed by atoms with Crippen LogP contribution in [-0.2, 0) is 14.6 Å². The maximum atomic E-state index is 13.3. The average molecular weight is 540 g/mol. The summed E-state index contributed by atoms with van der Waals surface area (Å²) >= 11 is 9.00. The van der Waals surface area contributed by atoms with Gasteiger partial charge in [-0.25, -0.2) is 13.4 Å². The first-order valence-corrected chi connectivity index (χ1v) is 15.3. The first kappa shape index (κ1) is 26.9. The molecule has 1 aromatic heterocycles. The molecule has 0 saturated carbocycles. The Morgan fingerprint density at radius 1 is 1.09 bits per heavy atom. The summed E-state index contributed by atoms with van der Waals surface area (Å²) in [6.45, 7) is 7.23. The van der Waals surface area contributed by atoms with Crippen molar-refractivity contribution in [1.29, 1.82) is 0 Å². The molecule has 10 heteroatoms. The molecule has 0 radical (unpaired) electrons. The summed E-state index contributed by atoms with van der Waals surface area (Å²) in [5.74, 6) is -0.205. The highest BCUT2D eigenvalue weighted by atomic mass is 35.5. The van der Waals surface area contributed by atoms with Crippen molar-refractivity contribution in [3.63, 3.8) is 0 Å². The van der Waals surface area contributed by atoms with Crippen LogP contribution in [-0.4, -0.2) is 62.4 Å². The second-order valence-electron chi connectivity index (χ2n) is 7.75. The molecule has 0 bridgehead atoms. The summed E-state index contributed by atoms with van der Waals surface area (Å²) in [5.41, 5.74) is 0.904. The number of halogens is 1. The van der Waals surface area contributed by atoms with E-state index in [2.05, 4.69) is 18.7 Å². The minimum Gasteiger partial charge on any atom is -0.302 e. The van der Waals surface area contributed by atoms with Gasteiger partial charge in [-0.2, -0.15) is 0 Å². The number of amides is 1. The van der Waals surface area contributed by atoms with Crippen molar-refractivity contribution in [2.24, 2.45) is 0 Å². The van der Waals surface area contributed by atoms with E-state index in [9.17, 15) is 13.2 Å². The van der Waals surface area contributed by atoms with E-state index in [1.54, 1.807) is 28.8 Å². The number of thioether (sulfide) groups is 1. The maximum Gasteiger partial charge on any atom is 0.228 e. The van der Waals surface area contributed by atoms with Gasteiger partial charge >= 0.3 is 0 Å². The van der Waals surface area contributed by atoms with Gasteiger partial charge in [0.2, 0.25) is 5.91 Å². The van der Waals surface area contributed by atoms with Gasteiger partial charge in [-0.15, -0.1) is 11.8 Å². The normalized spacial score (nSPS) is 11.9. The Balaban J connectivity index is 1.76. The fourth-order valence-electron chi connectivity index (χ4n) is 3.61. The van der Waals surface area contributed by atoms with E-state index < -0.39 is 9.84 Å². The first-order valence-electron chi connectivity index (χ1n) is 11.2. The van der Waals surface area contributed by atoms with Crippen molar-refractivity contribution in [2.75, 3.05) is 43.1 Å². The molecule has 184 valence electrons. The minimum atomic E-state index is -3.48. The zero-order valence-electron chi connectivity index (χ0n) is 19.7. The van der Waals surface area contributed by atoms with Crippen LogP contribution in [0.15, 0.2) is 52.3 Å². The highest BCUT2D eigenvalue weighted by Crippen LogP contribution is 2.34. The number of hydrogen-bond acceptors (Lipinski definition) is 7. The van der Waals surface area contributed by atoms with E-state index in [1.807, 2.05) is 24.5 Å². The Labute approximate surface area is 215 Å². The van der Waals surface area contributed by atoms with Crippen LogP contribution in [0.1, 0.15) is 26.7 Å². The van der Waals surface area contributed by atoms with Gasteiger partial charge in [0, 0.05) is 29.4 Å². The number of anilines is 1. The van der Waals surface area contributed by atoms with Gasteiger partial charge in [0.1, 0.15) is 0 Å². The van der Waals surface area contributed by atoms with Crippen LogP contribution in [0, 0.1) is 0 Å². The molecule has 0 unspecified atom stereocenters. The number of rotatable bonds is 12. The third-order valence-corrected chi connectivity index (χ3v) is 9.51. The molecule has 0 fully saturated rings. The first-order chi connectivity index (χ1) is 16.3. The van der Waals surface area contributed by atoms with Crippen LogP contribution < -0.4 is 4.90 Å². The van der Waals surface area contributed by atoms with Crippen molar-refractivity contribution in [3.05, 3.63) is 47.5 Å². The highest BCUT2D eigenvalue weighted by Gasteiger charge is 2.22. The van der Waals surface area contributed by atoms with Crippen LogP contribution in [0.3, 0.4) is 0 Å². The maximum absolute atomic E-state index is 13.3. The molecule has 1 amide bonds. The highest BCUT2D eigenvalue weighted by molar-refractivity contribution is 7.98. The van der Waals surface area contributed by atoms with Gasteiger partial charge in [-0.3, -0.25) is 9.69 Å². The molecular weight excluding hydrogens is 510 g/mol. The number of fused-ring (bicyclic) bond motifs is 1. The number of aromatic nitrogens is 1. The van der Waals surface area contributed by atoms with Gasteiger partial charge < -0.3 is 4.90 Å². The topological polar surface area (TPSA) is 70.6 Å². The minimum absolute atomic E-state index is 0.0965. The summed E-state index contributed by atoms with van der Waals surface area (Å²) < 4.78 is 26.4. The second kappa shape index (κ2) is 12.4. The third kappa shape index (κ3) is 6.73. The lowest BCUT2D eigenvalue weighted by atomic mass is 10.3. The number of para-hydroxylation sites is 1. The molecular formula is C24H30ClN3O3S3. The van der Waals surface area contributed by atoms with Crippen molar-refractivity contribution in [3.8, 4) is 0 Å². The predicted molar refractivity (Wildman–Crippen MR) is 144 cm³/mol. The summed E-state index contributed by atoms with van der Waals surface area (Å²) in [6, 6.07) is 12.2.